The zero-order valence-corrected chi connectivity index (χ0v) is 42.7. The maximum Gasteiger partial charge on any atom is 0.338 e. The molecule has 2 aromatic carbocycles. The number of nitrogens with two attached hydrogens (primary N) is 4. The van der Waals surface area contributed by atoms with Crippen LogP contribution in [-0.2, 0) is 56.0 Å². The summed E-state index contributed by atoms with van der Waals surface area (Å²) in [5.41, 5.74) is 27.0. The third-order valence-corrected chi connectivity index (χ3v) is 13.6. The van der Waals surface area contributed by atoms with Gasteiger partial charge in [-0.05, 0) is 68.9 Å². The number of aliphatic hydroxyl groups excluding tert-OH is 1. The van der Waals surface area contributed by atoms with Crippen molar-refractivity contribution in [1.29, 1.82) is 0 Å². The molecule has 0 aliphatic carbocycles. The Morgan fingerprint density at radius 3 is 1.61 bits per heavy atom. The van der Waals surface area contributed by atoms with E-state index in [0.717, 1.165) is 0 Å². The highest BCUT2D eigenvalue weighted by molar-refractivity contribution is 5.98. The Bertz CT molecular complexity index is 2400. The minimum absolute atomic E-state index is 0.0438. The fraction of sp³-hybridized carbons (Fsp3) is 0.540. The fourth-order valence-corrected chi connectivity index (χ4v) is 9.66. The molecule has 3 fully saturated rings. The van der Waals surface area contributed by atoms with Crippen LogP contribution >= 0.6 is 0 Å². The molecule has 0 spiro atoms. The molecular weight excluding hydrogens is 987 g/mol. The number of amides is 8. The second kappa shape index (κ2) is 29.3. The number of guanidine groups is 2. The van der Waals surface area contributed by atoms with E-state index < -0.39 is 103 Å². The largest absolute Gasteiger partial charge is 0.548 e. The third-order valence-electron chi connectivity index (χ3n) is 13.6. The molecule has 8 amide bonds. The van der Waals surface area contributed by atoms with E-state index in [0.29, 0.717) is 69.2 Å². The van der Waals surface area contributed by atoms with E-state index in [-0.39, 0.29) is 75.5 Å². The van der Waals surface area contributed by atoms with Gasteiger partial charge >= 0.3 is 11.9 Å². The fourth-order valence-electron chi connectivity index (χ4n) is 9.66. The van der Waals surface area contributed by atoms with Gasteiger partial charge in [0.1, 0.15) is 36.3 Å². The Hall–Kier alpha value is -7.87. The van der Waals surface area contributed by atoms with Crippen LogP contribution in [0.1, 0.15) is 75.3 Å². The summed E-state index contributed by atoms with van der Waals surface area (Å²) in [7, 11) is 0. The van der Waals surface area contributed by atoms with Crippen LogP contribution in [0.2, 0.25) is 0 Å². The first-order chi connectivity index (χ1) is 36.4. The molecule has 0 radical (unpaired) electrons. The molecule has 5 rings (SSSR count). The molecule has 2 aromatic rings. The monoisotopic (exact) mass is 1060 g/mol. The van der Waals surface area contributed by atoms with Gasteiger partial charge in [-0.3, -0.25) is 71.3 Å². The molecule has 26 nitrogen and oxygen atoms in total. The highest BCUT2D eigenvalue weighted by Gasteiger charge is 2.44. The number of hydrogen-bond donors (Lipinski definition) is 13. The van der Waals surface area contributed by atoms with E-state index in [1.54, 1.807) is 60.7 Å². The number of carboxylic acids is 1. The molecule has 3 aliphatic rings. The van der Waals surface area contributed by atoms with Gasteiger partial charge < -0.3 is 62.0 Å². The molecule has 8 atom stereocenters. The molecule has 19 N–H and O–H groups in total. The van der Waals surface area contributed by atoms with Crippen LogP contribution in [0.25, 0.3) is 0 Å². The Morgan fingerprint density at radius 2 is 1.08 bits per heavy atom. The van der Waals surface area contributed by atoms with E-state index in [1.165, 1.54) is 14.7 Å². The molecule has 414 valence electrons. The number of carbonyl (C=O) groups is 9. The standard InChI is InChI=1S/C50H73N15O11/c51-32(16-7-21-56-49(52)53)45(72)65-25-11-20-39(65)47(74)64-24-9-18-37(64)43(70)58-28-40(67)59-34(26-30-12-3-1-4-13-30)41(68)62-36(29-66)46(73)63-23-10-19-38(63)44(71)61-35(27-31-14-5-2-6-15-31)42(69)60-33(48(75)76)17-8-22-57-50(54)55/h1-6,12-15,32-39,66H,7-11,16-29,51H2,(H,58,70)(H,59,67)(H,60,69)(H,61,71)(H,62,68)(H,75,76)(H4,52,53,56)(H4,54,55,57)/p+2/t32-,33-,34-,35-,36-,37-,38-,39-/m0/s1. The van der Waals surface area contributed by atoms with Crippen LogP contribution in [0.15, 0.2) is 60.7 Å². The number of aliphatic hydroxyl groups is 1. The first-order valence-electron chi connectivity index (χ1n) is 25.7. The second-order valence-electron chi connectivity index (χ2n) is 19.2. The highest BCUT2D eigenvalue weighted by atomic mass is 16.4. The van der Waals surface area contributed by atoms with Crippen molar-refractivity contribution in [2.45, 2.75) is 125 Å². The van der Waals surface area contributed by atoms with Crippen LogP contribution in [-0.4, -0.2) is 179 Å². The summed E-state index contributed by atoms with van der Waals surface area (Å²) in [6.07, 6.45) is 3.46. The zero-order valence-electron chi connectivity index (χ0n) is 42.7. The van der Waals surface area contributed by atoms with Crippen molar-refractivity contribution >= 4 is 65.1 Å². The summed E-state index contributed by atoms with van der Waals surface area (Å²) in [4.78, 5) is 132. The molecule has 0 unspecified atom stereocenters. The molecule has 76 heavy (non-hydrogen) atoms. The van der Waals surface area contributed by atoms with Crippen LogP contribution in [0, 0.1) is 0 Å². The van der Waals surface area contributed by atoms with Gasteiger partial charge in [0.25, 0.3) is 5.91 Å². The SMILES string of the molecule is NC(N)=[NH+]CCC[C@H](NC(=O)[C@H](Cc1ccccc1)NC(=O)[C@@H]1CCCN1C(=O)[C@H](CO)NC(=O)[C@H](Cc1ccccc1)NC(=O)CNC(=O)[C@@H]1CCCN1C(=O)[C@@H]1CCCN1C(=O)[C@@H]([NH3+])CCC[NH+]=C(N)N)C(=O)[O-]. The number of carbonyl (C=O) groups excluding carboxylic acids is 9. The number of likely N-dealkylation sites (tertiary alicyclic amines) is 3. The average molecular weight is 1060 g/mol. The Kier molecular flexibility index (Phi) is 22.7. The summed E-state index contributed by atoms with van der Waals surface area (Å²) in [6.45, 7) is -0.105. The number of hydrogen-bond acceptors (Lipinski definition) is 11. The topological polar surface area (TPSA) is 426 Å². The first-order valence-corrected chi connectivity index (χ1v) is 25.7. The molecular formula is C50H75N15O11+2. The maximum atomic E-state index is 14.1. The second-order valence-corrected chi connectivity index (χ2v) is 19.2. The Morgan fingerprint density at radius 1 is 0.605 bits per heavy atom. The van der Waals surface area contributed by atoms with Crippen LogP contribution < -0.4 is 70.3 Å². The quantitative estimate of drug-likeness (QED) is 0.0225. The Labute approximate surface area is 440 Å². The lowest BCUT2D eigenvalue weighted by atomic mass is 10.0. The van der Waals surface area contributed by atoms with E-state index in [1.807, 2.05) is 0 Å². The van der Waals surface area contributed by atoms with Crippen molar-refractivity contribution in [2.75, 3.05) is 45.9 Å². The summed E-state index contributed by atoms with van der Waals surface area (Å²) in [5.74, 6) is -6.76. The zero-order chi connectivity index (χ0) is 55.3. The molecule has 3 saturated heterocycles. The van der Waals surface area contributed by atoms with E-state index in [2.05, 4.69) is 42.3 Å². The molecule has 3 heterocycles. The van der Waals surface area contributed by atoms with Crippen LogP contribution in [0.4, 0.5) is 0 Å². The lowest BCUT2D eigenvalue weighted by Gasteiger charge is -2.31. The van der Waals surface area contributed by atoms with Crippen molar-refractivity contribution in [2.24, 2.45) is 22.9 Å². The van der Waals surface area contributed by atoms with Gasteiger partial charge in [-0.1, -0.05) is 60.7 Å². The Balaban J connectivity index is 1.21. The maximum absolute atomic E-state index is 14.1. The van der Waals surface area contributed by atoms with Gasteiger partial charge in [0, 0.05) is 38.9 Å². The number of nitrogens with zero attached hydrogens (tertiary/aromatic N) is 3. The summed E-state index contributed by atoms with van der Waals surface area (Å²) in [5, 5.41) is 35.4. The number of nitrogens with one attached hydrogen (secondary N) is 7. The van der Waals surface area contributed by atoms with E-state index >= 15 is 0 Å². The van der Waals surface area contributed by atoms with Crippen LogP contribution in [0.3, 0.4) is 0 Å². The first kappa shape index (κ1) is 59.0. The molecule has 26 heteroatoms. The van der Waals surface area contributed by atoms with Crippen molar-refractivity contribution in [1.82, 2.24) is 41.3 Å². The van der Waals surface area contributed by atoms with Gasteiger partial charge in [0.2, 0.25) is 41.4 Å². The van der Waals surface area contributed by atoms with Crippen molar-refractivity contribution in [3.63, 3.8) is 0 Å². The number of carboxylic acid groups (broad SMARTS) is 1. The number of benzene rings is 2. The third kappa shape index (κ3) is 17.4. The predicted molar refractivity (Wildman–Crippen MR) is 271 cm³/mol. The molecule has 0 bridgehead atoms. The minimum Gasteiger partial charge on any atom is -0.548 e. The van der Waals surface area contributed by atoms with Crippen molar-refractivity contribution < 1.29 is 69.1 Å². The van der Waals surface area contributed by atoms with Crippen molar-refractivity contribution in [3.8, 4) is 0 Å². The summed E-state index contributed by atoms with van der Waals surface area (Å²) in [6, 6.07) is 8.21. The summed E-state index contributed by atoms with van der Waals surface area (Å²) >= 11 is 0. The van der Waals surface area contributed by atoms with Gasteiger partial charge in [0.05, 0.1) is 38.3 Å². The number of quaternary nitrogens is 1. The van der Waals surface area contributed by atoms with E-state index in [4.69, 9.17) is 22.9 Å². The smallest absolute Gasteiger partial charge is 0.338 e. The predicted octanol–water partition coefficient (Wildman–Crippen LogP) is -9.88. The van der Waals surface area contributed by atoms with Crippen molar-refractivity contribution in [3.05, 3.63) is 71.8 Å². The molecule has 0 aromatic heterocycles. The van der Waals surface area contributed by atoms with Gasteiger partial charge in [-0.2, -0.15) is 0 Å². The molecule has 0 saturated carbocycles. The lowest BCUT2D eigenvalue weighted by molar-refractivity contribution is -0.463. The normalized spacial score (nSPS) is 19.0. The highest BCUT2D eigenvalue weighted by Crippen LogP contribution is 2.26. The lowest BCUT2D eigenvalue weighted by Crippen LogP contribution is -2.78. The number of rotatable bonds is 27. The van der Waals surface area contributed by atoms with Gasteiger partial charge in [-0.15, -0.1) is 0 Å². The van der Waals surface area contributed by atoms with E-state index in [9.17, 15) is 53.4 Å². The summed E-state index contributed by atoms with van der Waals surface area (Å²) < 4.78 is 0. The average Bonchev–Trinajstić information content (AvgIpc) is 4.22. The number of aliphatic carboxylic acids is 1. The van der Waals surface area contributed by atoms with Gasteiger partial charge in [-0.25, -0.2) is 0 Å². The molecule has 3 aliphatic heterocycles. The minimum atomic E-state index is -1.58. The van der Waals surface area contributed by atoms with Crippen LogP contribution in [0.5, 0.6) is 0 Å². The van der Waals surface area contributed by atoms with Gasteiger partial charge in [0.15, 0.2) is 6.04 Å².